The molecule has 0 aromatic heterocycles. The highest BCUT2D eigenvalue weighted by atomic mass is 16.4. The van der Waals surface area contributed by atoms with E-state index in [-0.39, 0.29) is 29.6 Å². The van der Waals surface area contributed by atoms with Gasteiger partial charge in [-0.3, -0.25) is 4.79 Å². The maximum absolute atomic E-state index is 11.7. The topological polar surface area (TPSA) is 77.8 Å². The predicted molar refractivity (Wildman–Crippen MR) is 64.4 cm³/mol. The highest BCUT2D eigenvalue weighted by molar-refractivity contribution is 5.98. The second kappa shape index (κ2) is 4.41. The van der Waals surface area contributed by atoms with Gasteiger partial charge in [0.15, 0.2) is 0 Å². The quantitative estimate of drug-likeness (QED) is 0.764. The van der Waals surface area contributed by atoms with Crippen molar-refractivity contribution < 1.29 is 19.8 Å². The van der Waals surface area contributed by atoms with Gasteiger partial charge in [-0.15, -0.1) is 12.3 Å². The molecule has 18 heavy (non-hydrogen) atoms. The molecular formula is C13H11NO4. The van der Waals surface area contributed by atoms with Crippen LogP contribution in [0.4, 0.5) is 5.69 Å². The molecule has 1 fully saturated rings. The van der Waals surface area contributed by atoms with Crippen LogP contribution in [-0.2, 0) is 4.79 Å². The third kappa shape index (κ3) is 2.00. The smallest absolute Gasteiger partial charge is 0.339 e. The van der Waals surface area contributed by atoms with Gasteiger partial charge in [-0.25, -0.2) is 4.79 Å². The fourth-order valence-corrected chi connectivity index (χ4v) is 1.93. The number of carboxylic acids is 1. The molecule has 1 unspecified atom stereocenters. The third-order valence-electron chi connectivity index (χ3n) is 2.88. The number of rotatable bonds is 2. The van der Waals surface area contributed by atoms with Crippen LogP contribution in [0, 0.1) is 18.3 Å². The van der Waals surface area contributed by atoms with Crippen LogP contribution in [0.3, 0.4) is 0 Å². The maximum Gasteiger partial charge on any atom is 0.339 e. The van der Waals surface area contributed by atoms with E-state index in [1.165, 1.54) is 23.1 Å². The van der Waals surface area contributed by atoms with Gasteiger partial charge in [0.25, 0.3) is 0 Å². The molecule has 5 heteroatoms. The molecule has 1 aromatic rings. The third-order valence-corrected chi connectivity index (χ3v) is 2.88. The van der Waals surface area contributed by atoms with Gasteiger partial charge in [0.1, 0.15) is 11.3 Å². The van der Waals surface area contributed by atoms with Crippen molar-refractivity contribution in [3.63, 3.8) is 0 Å². The first-order valence-corrected chi connectivity index (χ1v) is 5.35. The Bertz CT molecular complexity index is 559. The van der Waals surface area contributed by atoms with E-state index in [9.17, 15) is 14.7 Å². The van der Waals surface area contributed by atoms with Gasteiger partial charge in [-0.2, -0.15) is 0 Å². The number of nitrogens with zero attached hydrogens (tertiary/aromatic N) is 1. The lowest BCUT2D eigenvalue weighted by Crippen LogP contribution is -2.24. The molecule has 0 bridgehead atoms. The summed E-state index contributed by atoms with van der Waals surface area (Å²) in [6.45, 7) is 0.374. The number of carbonyl (C=O) groups excluding carboxylic acids is 1. The van der Waals surface area contributed by atoms with Crippen molar-refractivity contribution >= 4 is 17.6 Å². The molecule has 1 heterocycles. The van der Waals surface area contributed by atoms with Crippen LogP contribution < -0.4 is 4.90 Å². The van der Waals surface area contributed by atoms with E-state index < -0.39 is 5.97 Å². The van der Waals surface area contributed by atoms with Crippen LogP contribution in [0.5, 0.6) is 5.75 Å². The lowest BCUT2D eigenvalue weighted by Gasteiger charge is -2.16. The van der Waals surface area contributed by atoms with Crippen LogP contribution in [0.2, 0.25) is 0 Å². The van der Waals surface area contributed by atoms with E-state index >= 15 is 0 Å². The summed E-state index contributed by atoms with van der Waals surface area (Å²) in [5.74, 6) is 0.654. The summed E-state index contributed by atoms with van der Waals surface area (Å²) in [5.41, 5.74) is 0.206. The number of carboxylic acid groups (broad SMARTS) is 1. The van der Waals surface area contributed by atoms with Crippen molar-refractivity contribution in [1.82, 2.24) is 0 Å². The van der Waals surface area contributed by atoms with Crippen molar-refractivity contribution in [2.75, 3.05) is 11.4 Å². The van der Waals surface area contributed by atoms with Gasteiger partial charge in [0.05, 0.1) is 0 Å². The number of aromatic hydroxyl groups is 1. The first-order valence-electron chi connectivity index (χ1n) is 5.35. The summed E-state index contributed by atoms with van der Waals surface area (Å²) in [6.07, 6.45) is 5.54. The molecule has 1 amide bonds. The summed E-state index contributed by atoms with van der Waals surface area (Å²) in [7, 11) is 0. The summed E-state index contributed by atoms with van der Waals surface area (Å²) < 4.78 is 0. The lowest BCUT2D eigenvalue weighted by atomic mass is 10.1. The molecule has 92 valence electrons. The zero-order valence-electron chi connectivity index (χ0n) is 9.46. The van der Waals surface area contributed by atoms with E-state index in [0.717, 1.165) is 0 Å². The summed E-state index contributed by atoms with van der Waals surface area (Å²) in [5, 5.41) is 18.3. The number of carbonyl (C=O) groups is 2. The molecule has 0 aliphatic carbocycles. The van der Waals surface area contributed by atoms with Crippen molar-refractivity contribution in [2.24, 2.45) is 5.92 Å². The van der Waals surface area contributed by atoms with Gasteiger partial charge >= 0.3 is 5.97 Å². The molecule has 0 spiro atoms. The van der Waals surface area contributed by atoms with Gasteiger partial charge in [-0.05, 0) is 18.2 Å². The van der Waals surface area contributed by atoms with Crippen molar-refractivity contribution in [2.45, 2.75) is 6.42 Å². The molecule has 1 saturated heterocycles. The SMILES string of the molecule is C#CC1CC(=O)N(c2ccc(O)c(C(=O)O)c2)C1. The maximum atomic E-state index is 11.7. The molecule has 2 N–H and O–H groups in total. The van der Waals surface area contributed by atoms with E-state index in [2.05, 4.69) is 5.92 Å². The second-order valence-electron chi connectivity index (χ2n) is 4.08. The Morgan fingerprint density at radius 2 is 2.22 bits per heavy atom. The Hall–Kier alpha value is -2.48. The predicted octanol–water partition coefficient (Wildman–Crippen LogP) is 1.08. The Balaban J connectivity index is 2.35. The molecule has 0 radical (unpaired) electrons. The fourth-order valence-electron chi connectivity index (χ4n) is 1.93. The summed E-state index contributed by atoms with van der Waals surface area (Å²) in [6, 6.07) is 4.03. The monoisotopic (exact) mass is 245 g/mol. The number of hydrogen-bond acceptors (Lipinski definition) is 3. The molecule has 0 saturated carbocycles. The van der Waals surface area contributed by atoms with Crippen molar-refractivity contribution in [3.05, 3.63) is 23.8 Å². The first kappa shape index (κ1) is 12.0. The Labute approximate surface area is 104 Å². The highest BCUT2D eigenvalue weighted by Crippen LogP contribution is 2.28. The highest BCUT2D eigenvalue weighted by Gasteiger charge is 2.30. The standard InChI is InChI=1S/C13H11NO4/c1-2-8-5-12(16)14(7-8)9-3-4-11(15)10(6-9)13(17)18/h1,3-4,6,8,15H,5,7H2,(H,17,18). The Morgan fingerprint density at radius 3 is 2.78 bits per heavy atom. The number of anilines is 1. The van der Waals surface area contributed by atoms with Crippen LogP contribution in [0.15, 0.2) is 18.2 Å². The number of terminal acetylenes is 1. The minimum absolute atomic E-state index is 0.139. The number of aromatic carboxylic acids is 1. The fraction of sp³-hybridized carbons (Fsp3) is 0.231. The molecule has 1 aliphatic heterocycles. The number of benzene rings is 1. The lowest BCUT2D eigenvalue weighted by molar-refractivity contribution is -0.117. The van der Waals surface area contributed by atoms with E-state index in [1.807, 2.05) is 0 Å². The van der Waals surface area contributed by atoms with Crippen molar-refractivity contribution in [1.29, 1.82) is 0 Å². The normalized spacial score (nSPS) is 18.7. The van der Waals surface area contributed by atoms with Crippen LogP contribution >= 0.6 is 0 Å². The van der Waals surface area contributed by atoms with Crippen molar-refractivity contribution in [3.8, 4) is 18.1 Å². The van der Waals surface area contributed by atoms with Crippen LogP contribution in [0.25, 0.3) is 0 Å². The Kier molecular flexibility index (Phi) is 2.94. The molecule has 1 aliphatic rings. The van der Waals surface area contributed by atoms with E-state index in [4.69, 9.17) is 11.5 Å². The largest absolute Gasteiger partial charge is 0.507 e. The summed E-state index contributed by atoms with van der Waals surface area (Å²) >= 11 is 0. The molecule has 1 atom stereocenters. The number of amides is 1. The number of hydrogen-bond donors (Lipinski definition) is 2. The number of phenols is 1. The average molecular weight is 245 g/mol. The molecule has 2 rings (SSSR count). The van der Waals surface area contributed by atoms with Gasteiger partial charge in [0.2, 0.25) is 5.91 Å². The van der Waals surface area contributed by atoms with Crippen LogP contribution in [-0.4, -0.2) is 28.6 Å². The van der Waals surface area contributed by atoms with Gasteiger partial charge in [0, 0.05) is 24.6 Å². The van der Waals surface area contributed by atoms with Crippen LogP contribution in [0.1, 0.15) is 16.8 Å². The first-order chi connectivity index (χ1) is 8.52. The van der Waals surface area contributed by atoms with E-state index in [1.54, 1.807) is 0 Å². The minimum Gasteiger partial charge on any atom is -0.507 e. The Morgan fingerprint density at radius 1 is 1.50 bits per heavy atom. The van der Waals surface area contributed by atoms with Gasteiger partial charge < -0.3 is 15.1 Å². The summed E-state index contributed by atoms with van der Waals surface area (Å²) in [4.78, 5) is 24.1. The van der Waals surface area contributed by atoms with Gasteiger partial charge in [-0.1, -0.05) is 0 Å². The molecule has 5 nitrogen and oxygen atoms in total. The minimum atomic E-state index is -1.24. The zero-order valence-corrected chi connectivity index (χ0v) is 9.46. The average Bonchev–Trinajstić information content (AvgIpc) is 2.71. The van der Waals surface area contributed by atoms with E-state index in [0.29, 0.717) is 12.2 Å². The second-order valence-corrected chi connectivity index (χ2v) is 4.08. The molecule has 1 aromatic carbocycles. The zero-order chi connectivity index (χ0) is 13.3. The molecular weight excluding hydrogens is 234 g/mol.